The number of halogens is 1. The number of hydrogen-bond donors (Lipinski definition) is 1. The number of hydrogen-bond acceptors (Lipinski definition) is 6. The Balaban J connectivity index is 1.31. The van der Waals surface area contributed by atoms with Crippen molar-refractivity contribution in [3.8, 4) is 11.5 Å². The molecule has 0 saturated carbocycles. The molecule has 2 aromatic rings. The van der Waals surface area contributed by atoms with Crippen LogP contribution in [0.4, 0.5) is 10.1 Å². The van der Waals surface area contributed by atoms with Crippen molar-refractivity contribution in [3.63, 3.8) is 0 Å². The van der Waals surface area contributed by atoms with E-state index in [0.717, 1.165) is 44.7 Å². The minimum Gasteiger partial charge on any atom is -0.490 e. The summed E-state index contributed by atoms with van der Waals surface area (Å²) in [6.45, 7) is 8.42. The Hall–Kier alpha value is -2.36. The molecular weight excluding hydrogens is 433 g/mol. The summed E-state index contributed by atoms with van der Waals surface area (Å²) in [4.78, 5) is 4.44. The van der Waals surface area contributed by atoms with Crippen LogP contribution in [0, 0.1) is 5.82 Å². The molecule has 2 aromatic carbocycles. The first-order valence-electron chi connectivity index (χ1n) is 10.9. The fourth-order valence-electron chi connectivity index (χ4n) is 4.31. The lowest BCUT2D eigenvalue weighted by Gasteiger charge is -2.36. The third-order valence-electron chi connectivity index (χ3n) is 5.87. The number of anilines is 1. The van der Waals surface area contributed by atoms with E-state index in [2.05, 4.69) is 9.80 Å². The molecule has 0 amide bonds. The highest BCUT2D eigenvalue weighted by Crippen LogP contribution is 2.43. The van der Waals surface area contributed by atoms with Gasteiger partial charge in [-0.1, -0.05) is 12.1 Å². The van der Waals surface area contributed by atoms with Crippen molar-refractivity contribution in [3.05, 3.63) is 47.8 Å². The van der Waals surface area contributed by atoms with E-state index in [0.29, 0.717) is 30.2 Å². The zero-order valence-corrected chi connectivity index (χ0v) is 19.3. The van der Waals surface area contributed by atoms with Crippen molar-refractivity contribution >= 4 is 15.7 Å². The Bertz CT molecular complexity index is 1080. The molecular formula is C23H30FN3O4S. The van der Waals surface area contributed by atoms with Gasteiger partial charge in [0, 0.05) is 50.8 Å². The van der Waals surface area contributed by atoms with Crippen LogP contribution >= 0.6 is 0 Å². The predicted molar refractivity (Wildman–Crippen MR) is 121 cm³/mol. The quantitative estimate of drug-likeness (QED) is 0.636. The van der Waals surface area contributed by atoms with Crippen molar-refractivity contribution in [2.45, 2.75) is 37.2 Å². The molecule has 9 heteroatoms. The van der Waals surface area contributed by atoms with Gasteiger partial charge in [0.25, 0.3) is 0 Å². The Morgan fingerprint density at radius 1 is 1.16 bits per heavy atom. The summed E-state index contributed by atoms with van der Waals surface area (Å²) < 4.78 is 49.7. The van der Waals surface area contributed by atoms with Crippen LogP contribution in [0.15, 0.2) is 41.3 Å². The van der Waals surface area contributed by atoms with E-state index in [1.807, 2.05) is 26.0 Å². The maximum atomic E-state index is 14.0. The van der Waals surface area contributed by atoms with E-state index in [1.54, 1.807) is 12.1 Å². The van der Waals surface area contributed by atoms with Gasteiger partial charge in [0.05, 0.1) is 17.2 Å². The van der Waals surface area contributed by atoms with Crippen LogP contribution in [-0.2, 0) is 16.4 Å². The van der Waals surface area contributed by atoms with Crippen molar-refractivity contribution in [1.82, 2.24) is 4.90 Å². The third-order valence-corrected chi connectivity index (χ3v) is 6.76. The number of nitrogens with zero attached hydrogens (tertiary/aromatic N) is 2. The summed E-state index contributed by atoms with van der Waals surface area (Å²) >= 11 is 0. The average Bonchev–Trinajstić information content (AvgIpc) is 3.05. The minimum atomic E-state index is -3.84. The van der Waals surface area contributed by atoms with Gasteiger partial charge < -0.3 is 14.4 Å². The van der Waals surface area contributed by atoms with Crippen LogP contribution in [0.2, 0.25) is 0 Å². The Kier molecular flexibility index (Phi) is 6.33. The lowest BCUT2D eigenvalue weighted by molar-refractivity contribution is 0.131. The molecule has 0 bridgehead atoms. The van der Waals surface area contributed by atoms with Gasteiger partial charge in [-0.15, -0.1) is 0 Å². The monoisotopic (exact) mass is 463 g/mol. The molecule has 174 valence electrons. The first-order valence-corrected chi connectivity index (χ1v) is 12.4. The van der Waals surface area contributed by atoms with Crippen molar-refractivity contribution in [2.75, 3.05) is 44.2 Å². The second kappa shape index (κ2) is 8.88. The molecule has 0 aliphatic carbocycles. The van der Waals surface area contributed by atoms with Crippen LogP contribution in [0.5, 0.6) is 11.5 Å². The molecule has 0 aromatic heterocycles. The highest BCUT2D eigenvalue weighted by atomic mass is 32.2. The van der Waals surface area contributed by atoms with Crippen LogP contribution < -0.4 is 19.5 Å². The number of piperazine rings is 1. The highest BCUT2D eigenvalue weighted by molar-refractivity contribution is 7.89. The lowest BCUT2D eigenvalue weighted by atomic mass is 10.0. The first kappa shape index (κ1) is 22.8. The number of benzene rings is 2. The van der Waals surface area contributed by atoms with Gasteiger partial charge in [-0.3, -0.25) is 4.90 Å². The minimum absolute atomic E-state index is 0.0387. The maximum Gasteiger partial charge on any atom is 0.238 e. The molecule has 2 aliphatic heterocycles. The third kappa shape index (κ3) is 5.16. The van der Waals surface area contributed by atoms with Crippen molar-refractivity contribution in [1.29, 1.82) is 0 Å². The number of fused-ring (bicyclic) bond motifs is 1. The van der Waals surface area contributed by atoms with Gasteiger partial charge in [0.2, 0.25) is 10.0 Å². The van der Waals surface area contributed by atoms with Gasteiger partial charge in [-0.25, -0.2) is 17.9 Å². The van der Waals surface area contributed by atoms with Crippen molar-refractivity contribution in [2.24, 2.45) is 5.14 Å². The smallest absolute Gasteiger partial charge is 0.238 e. The Labute approximate surface area is 189 Å². The summed E-state index contributed by atoms with van der Waals surface area (Å²) in [5.74, 6) is 0.830. The molecule has 0 radical (unpaired) electrons. The fourth-order valence-corrected chi connectivity index (χ4v) is 4.89. The maximum absolute atomic E-state index is 14.0. The van der Waals surface area contributed by atoms with Crippen molar-refractivity contribution < 1.29 is 22.3 Å². The van der Waals surface area contributed by atoms with Crippen LogP contribution in [0.1, 0.15) is 25.8 Å². The average molecular weight is 464 g/mol. The van der Waals surface area contributed by atoms with E-state index in [-0.39, 0.29) is 10.7 Å². The van der Waals surface area contributed by atoms with Gasteiger partial charge >= 0.3 is 0 Å². The standard InChI is InChI=1S/C23H30FN3O4S/c1-23(2)16-17-14-18(32(25,28)29)15-21(22(17)31-23)30-13-5-8-26-9-11-27(12-10-26)20-7-4-3-6-19(20)24/h3-4,6-7,14-15H,5,8-13,16H2,1-2H3,(H2,25,28,29). The molecule has 0 spiro atoms. The molecule has 0 unspecified atom stereocenters. The second-order valence-electron chi connectivity index (χ2n) is 8.98. The van der Waals surface area contributed by atoms with Crippen LogP contribution in [-0.4, -0.2) is 58.2 Å². The molecule has 1 saturated heterocycles. The highest BCUT2D eigenvalue weighted by Gasteiger charge is 2.34. The SMILES string of the molecule is CC1(C)Cc2cc(S(N)(=O)=O)cc(OCCCN3CCN(c4ccccc4F)CC3)c2O1. The van der Waals surface area contributed by atoms with Crippen LogP contribution in [0.25, 0.3) is 0 Å². The normalized spacial score (nSPS) is 18.3. The largest absolute Gasteiger partial charge is 0.490 e. The fraction of sp³-hybridized carbons (Fsp3) is 0.478. The zero-order chi connectivity index (χ0) is 22.9. The van der Waals surface area contributed by atoms with E-state index in [4.69, 9.17) is 14.6 Å². The number of rotatable bonds is 7. The van der Waals surface area contributed by atoms with E-state index in [9.17, 15) is 12.8 Å². The molecule has 32 heavy (non-hydrogen) atoms. The first-order chi connectivity index (χ1) is 15.1. The number of sulfonamides is 1. The molecule has 2 heterocycles. The van der Waals surface area contributed by atoms with E-state index >= 15 is 0 Å². The second-order valence-corrected chi connectivity index (χ2v) is 10.5. The summed E-state index contributed by atoms with van der Waals surface area (Å²) in [6.07, 6.45) is 1.37. The number of ether oxygens (including phenoxy) is 2. The molecule has 7 nitrogen and oxygen atoms in total. The predicted octanol–water partition coefficient (Wildman–Crippen LogP) is 2.78. The van der Waals surface area contributed by atoms with Gasteiger partial charge in [-0.2, -0.15) is 0 Å². The lowest BCUT2D eigenvalue weighted by Crippen LogP contribution is -2.47. The molecule has 1 fully saturated rings. The molecule has 2 aliphatic rings. The van der Waals surface area contributed by atoms with E-state index < -0.39 is 15.6 Å². The number of para-hydroxylation sites is 1. The molecule has 2 N–H and O–H groups in total. The Morgan fingerprint density at radius 2 is 1.88 bits per heavy atom. The summed E-state index contributed by atoms with van der Waals surface area (Å²) in [6, 6.07) is 9.88. The topological polar surface area (TPSA) is 85.1 Å². The molecule has 4 rings (SSSR count). The zero-order valence-electron chi connectivity index (χ0n) is 18.5. The van der Waals surface area contributed by atoms with Gasteiger partial charge in [0.1, 0.15) is 11.4 Å². The van der Waals surface area contributed by atoms with E-state index in [1.165, 1.54) is 12.1 Å². The Morgan fingerprint density at radius 3 is 2.56 bits per heavy atom. The summed E-state index contributed by atoms with van der Waals surface area (Å²) in [5, 5.41) is 5.34. The summed E-state index contributed by atoms with van der Waals surface area (Å²) in [7, 11) is -3.84. The number of primary sulfonamides is 1. The van der Waals surface area contributed by atoms with Gasteiger partial charge in [-0.05, 0) is 38.5 Å². The van der Waals surface area contributed by atoms with Crippen LogP contribution in [0.3, 0.4) is 0 Å². The van der Waals surface area contributed by atoms with Gasteiger partial charge in [0.15, 0.2) is 11.5 Å². The number of nitrogens with two attached hydrogens (primary N) is 1. The molecule has 0 atom stereocenters. The summed E-state index contributed by atoms with van der Waals surface area (Å²) in [5.41, 5.74) is 1.03.